The average Bonchev–Trinajstić information content (AvgIpc) is 2.94. The van der Waals surface area contributed by atoms with E-state index in [0.717, 1.165) is 19.4 Å². The van der Waals surface area contributed by atoms with Gasteiger partial charge in [-0.2, -0.15) is 0 Å². The van der Waals surface area contributed by atoms with Crippen LogP contribution in [0, 0.1) is 5.92 Å². The zero-order valence-corrected chi connectivity index (χ0v) is 12.4. The standard InChI is InChI=1S/C14H20ClN3O2/c1-2-4-16-13-12(15)6-11(7-17-13)14(20)18-5-3-10(8-18)9-19/h6-7,10,19H,2-5,8-9H2,1H3,(H,16,17). The number of amides is 1. The third kappa shape index (κ3) is 3.41. The summed E-state index contributed by atoms with van der Waals surface area (Å²) in [4.78, 5) is 18.3. The number of hydrogen-bond donors (Lipinski definition) is 2. The number of nitrogens with one attached hydrogen (secondary N) is 1. The number of nitrogens with zero attached hydrogens (tertiary/aromatic N) is 2. The normalized spacial score (nSPS) is 18.4. The summed E-state index contributed by atoms with van der Waals surface area (Å²) >= 11 is 6.14. The lowest BCUT2D eigenvalue weighted by Gasteiger charge is -2.16. The van der Waals surface area contributed by atoms with Crippen molar-refractivity contribution in [2.45, 2.75) is 19.8 Å². The van der Waals surface area contributed by atoms with Crippen LogP contribution in [-0.4, -0.2) is 47.1 Å². The molecule has 1 saturated heterocycles. The van der Waals surface area contributed by atoms with Gasteiger partial charge in [-0.15, -0.1) is 0 Å². The Balaban J connectivity index is 2.05. The summed E-state index contributed by atoms with van der Waals surface area (Å²) in [7, 11) is 0. The minimum atomic E-state index is -0.0719. The van der Waals surface area contributed by atoms with Crippen molar-refractivity contribution in [1.29, 1.82) is 0 Å². The van der Waals surface area contributed by atoms with Crippen molar-refractivity contribution in [1.82, 2.24) is 9.88 Å². The minimum Gasteiger partial charge on any atom is -0.396 e. The van der Waals surface area contributed by atoms with Crippen LogP contribution in [0.25, 0.3) is 0 Å². The highest BCUT2D eigenvalue weighted by atomic mass is 35.5. The maximum Gasteiger partial charge on any atom is 0.255 e. The Morgan fingerprint density at radius 1 is 1.65 bits per heavy atom. The van der Waals surface area contributed by atoms with Gasteiger partial charge in [0.15, 0.2) is 0 Å². The number of halogens is 1. The number of aliphatic hydroxyl groups is 1. The Kier molecular flexibility index (Phi) is 5.20. The van der Waals surface area contributed by atoms with E-state index < -0.39 is 0 Å². The molecule has 1 aliphatic rings. The maximum absolute atomic E-state index is 12.3. The number of anilines is 1. The molecule has 1 atom stereocenters. The van der Waals surface area contributed by atoms with Crippen molar-refractivity contribution in [3.63, 3.8) is 0 Å². The molecule has 20 heavy (non-hydrogen) atoms. The summed E-state index contributed by atoms with van der Waals surface area (Å²) in [5, 5.41) is 12.7. The lowest BCUT2D eigenvalue weighted by Crippen LogP contribution is -2.29. The molecule has 1 unspecified atom stereocenters. The maximum atomic E-state index is 12.3. The first kappa shape index (κ1) is 15.1. The van der Waals surface area contributed by atoms with E-state index in [1.54, 1.807) is 17.2 Å². The van der Waals surface area contributed by atoms with Gasteiger partial charge in [0.05, 0.1) is 10.6 Å². The van der Waals surface area contributed by atoms with Gasteiger partial charge in [0.2, 0.25) is 0 Å². The quantitative estimate of drug-likeness (QED) is 0.872. The fraction of sp³-hybridized carbons (Fsp3) is 0.571. The summed E-state index contributed by atoms with van der Waals surface area (Å²) in [6, 6.07) is 1.65. The smallest absolute Gasteiger partial charge is 0.255 e. The van der Waals surface area contributed by atoms with E-state index in [2.05, 4.69) is 17.2 Å². The first-order chi connectivity index (χ1) is 9.65. The Hall–Kier alpha value is -1.33. The molecule has 1 aromatic rings. The van der Waals surface area contributed by atoms with Crippen molar-refractivity contribution in [2.24, 2.45) is 5.92 Å². The Morgan fingerprint density at radius 3 is 3.05 bits per heavy atom. The highest BCUT2D eigenvalue weighted by Crippen LogP contribution is 2.23. The van der Waals surface area contributed by atoms with E-state index in [0.29, 0.717) is 29.5 Å². The molecule has 0 spiro atoms. The molecule has 1 aromatic heterocycles. The molecule has 2 N–H and O–H groups in total. The second-order valence-corrected chi connectivity index (χ2v) is 5.48. The minimum absolute atomic E-state index is 0.0719. The van der Waals surface area contributed by atoms with Crippen LogP contribution < -0.4 is 5.32 Å². The number of carbonyl (C=O) groups excluding carboxylic acids is 1. The average molecular weight is 298 g/mol. The number of hydrogen-bond acceptors (Lipinski definition) is 4. The van der Waals surface area contributed by atoms with E-state index in [4.69, 9.17) is 16.7 Å². The van der Waals surface area contributed by atoms with Crippen molar-refractivity contribution < 1.29 is 9.90 Å². The van der Waals surface area contributed by atoms with Gasteiger partial charge in [-0.3, -0.25) is 4.79 Å². The molecule has 2 rings (SSSR count). The van der Waals surface area contributed by atoms with E-state index in [9.17, 15) is 4.79 Å². The zero-order chi connectivity index (χ0) is 14.5. The van der Waals surface area contributed by atoms with Crippen LogP contribution in [0.15, 0.2) is 12.3 Å². The largest absolute Gasteiger partial charge is 0.396 e. The second-order valence-electron chi connectivity index (χ2n) is 5.07. The molecule has 1 fully saturated rings. The van der Waals surface area contributed by atoms with Crippen molar-refractivity contribution in [3.8, 4) is 0 Å². The fourth-order valence-electron chi connectivity index (χ4n) is 2.28. The molecule has 0 aromatic carbocycles. The fourth-order valence-corrected chi connectivity index (χ4v) is 2.51. The first-order valence-corrected chi connectivity index (χ1v) is 7.33. The number of likely N-dealkylation sites (tertiary alicyclic amines) is 1. The summed E-state index contributed by atoms with van der Waals surface area (Å²) in [5.74, 6) is 0.727. The van der Waals surface area contributed by atoms with Gasteiger partial charge >= 0.3 is 0 Å². The van der Waals surface area contributed by atoms with E-state index >= 15 is 0 Å². The molecule has 1 amide bonds. The monoisotopic (exact) mass is 297 g/mol. The van der Waals surface area contributed by atoms with Crippen LogP contribution in [0.2, 0.25) is 5.02 Å². The van der Waals surface area contributed by atoms with Crippen LogP contribution in [0.3, 0.4) is 0 Å². The molecule has 1 aliphatic heterocycles. The Morgan fingerprint density at radius 2 is 2.45 bits per heavy atom. The summed E-state index contributed by atoms with van der Waals surface area (Å²) in [5.41, 5.74) is 0.496. The van der Waals surface area contributed by atoms with Gasteiger partial charge in [0.25, 0.3) is 5.91 Å². The molecule has 2 heterocycles. The Labute approximate surface area is 123 Å². The van der Waals surface area contributed by atoms with E-state index in [-0.39, 0.29) is 18.4 Å². The molecule has 0 aliphatic carbocycles. The lowest BCUT2D eigenvalue weighted by atomic mass is 10.1. The predicted octanol–water partition coefficient (Wildman–Crippen LogP) is 2.01. The number of carbonyl (C=O) groups is 1. The summed E-state index contributed by atoms with van der Waals surface area (Å²) in [6.45, 7) is 4.26. The predicted molar refractivity (Wildman–Crippen MR) is 79.1 cm³/mol. The van der Waals surface area contributed by atoms with Gasteiger partial charge in [0, 0.05) is 38.4 Å². The van der Waals surface area contributed by atoms with E-state index in [1.807, 2.05) is 0 Å². The van der Waals surface area contributed by atoms with Crippen LogP contribution >= 0.6 is 11.6 Å². The van der Waals surface area contributed by atoms with Crippen LogP contribution in [0.1, 0.15) is 30.1 Å². The third-order valence-corrected chi connectivity index (χ3v) is 3.75. The van der Waals surface area contributed by atoms with Gasteiger partial charge < -0.3 is 15.3 Å². The van der Waals surface area contributed by atoms with Crippen molar-refractivity contribution in [2.75, 3.05) is 31.6 Å². The number of aliphatic hydroxyl groups excluding tert-OH is 1. The van der Waals surface area contributed by atoms with Gasteiger partial charge in [0.1, 0.15) is 5.82 Å². The first-order valence-electron chi connectivity index (χ1n) is 6.95. The van der Waals surface area contributed by atoms with Gasteiger partial charge in [-0.1, -0.05) is 18.5 Å². The van der Waals surface area contributed by atoms with Crippen molar-refractivity contribution >= 4 is 23.3 Å². The molecule has 6 heteroatoms. The van der Waals surface area contributed by atoms with Gasteiger partial charge in [-0.05, 0) is 18.9 Å². The Bertz CT molecular complexity index is 481. The zero-order valence-electron chi connectivity index (χ0n) is 11.6. The van der Waals surface area contributed by atoms with E-state index in [1.165, 1.54) is 0 Å². The number of pyridine rings is 1. The topological polar surface area (TPSA) is 65.5 Å². The summed E-state index contributed by atoms with van der Waals surface area (Å²) < 4.78 is 0. The molecule has 0 bridgehead atoms. The molecular weight excluding hydrogens is 278 g/mol. The highest BCUT2D eigenvalue weighted by Gasteiger charge is 2.26. The highest BCUT2D eigenvalue weighted by molar-refractivity contribution is 6.33. The number of rotatable bonds is 5. The third-order valence-electron chi connectivity index (χ3n) is 3.46. The molecule has 5 nitrogen and oxygen atoms in total. The molecule has 0 saturated carbocycles. The molecule has 0 radical (unpaired) electrons. The molecule has 110 valence electrons. The lowest BCUT2D eigenvalue weighted by molar-refractivity contribution is 0.0781. The van der Waals surface area contributed by atoms with Crippen LogP contribution in [0.4, 0.5) is 5.82 Å². The van der Waals surface area contributed by atoms with Gasteiger partial charge in [-0.25, -0.2) is 4.98 Å². The number of aromatic nitrogens is 1. The molecular formula is C14H20ClN3O2. The SMILES string of the molecule is CCCNc1ncc(C(=O)N2CCC(CO)C2)cc1Cl. The summed E-state index contributed by atoms with van der Waals surface area (Å²) in [6.07, 6.45) is 3.38. The van der Waals surface area contributed by atoms with Crippen LogP contribution in [-0.2, 0) is 0 Å². The van der Waals surface area contributed by atoms with Crippen LogP contribution in [0.5, 0.6) is 0 Å². The second kappa shape index (κ2) is 6.90. The van der Waals surface area contributed by atoms with Crippen molar-refractivity contribution in [3.05, 3.63) is 22.8 Å².